The molecule has 6 aromatic rings. The largest absolute Gasteiger partial charge is 0.501 e. The summed E-state index contributed by atoms with van der Waals surface area (Å²) in [6.07, 6.45) is 3.01. The zero-order chi connectivity index (χ0) is 25.8. The van der Waals surface area contributed by atoms with E-state index in [-0.39, 0.29) is 25.8 Å². The van der Waals surface area contributed by atoms with Gasteiger partial charge in [0.1, 0.15) is 11.9 Å². The van der Waals surface area contributed by atoms with Gasteiger partial charge in [-0.3, -0.25) is 4.98 Å². The second kappa shape index (κ2) is 10.8. The van der Waals surface area contributed by atoms with Crippen molar-refractivity contribution in [3.63, 3.8) is 0 Å². The van der Waals surface area contributed by atoms with Gasteiger partial charge < -0.3 is 9.40 Å². The molecule has 0 atom stereocenters. The molecule has 3 aromatic carbocycles. The van der Waals surface area contributed by atoms with Crippen LogP contribution in [-0.2, 0) is 20.1 Å². The van der Waals surface area contributed by atoms with Crippen LogP contribution in [0.4, 0.5) is 0 Å². The summed E-state index contributed by atoms with van der Waals surface area (Å²) in [4.78, 5) is 12.2. The summed E-state index contributed by atoms with van der Waals surface area (Å²) in [5.41, 5.74) is 4.58. The van der Waals surface area contributed by atoms with E-state index in [0.717, 1.165) is 22.0 Å². The quantitative estimate of drug-likeness (QED) is 0.202. The van der Waals surface area contributed by atoms with Gasteiger partial charge in [0.05, 0.1) is 17.2 Å². The average Bonchev–Trinajstić information content (AvgIpc) is 3.32. The zero-order valence-corrected chi connectivity index (χ0v) is 20.6. The number of rotatable bonds is 2. The SMILES string of the molecule is [2H]C([2H])([2H])c1cc(-c2[c-]ccc3c2oc2cc(C#N)ccc23)ncn1.[Ir].[c-]1ccccc1-c1ccccn1. The van der Waals surface area contributed by atoms with Crippen LogP contribution in [0, 0.1) is 30.3 Å². The summed E-state index contributed by atoms with van der Waals surface area (Å²) >= 11 is 0. The summed E-state index contributed by atoms with van der Waals surface area (Å²) in [6.45, 7) is -2.32. The fourth-order valence-corrected chi connectivity index (χ4v) is 3.57. The summed E-state index contributed by atoms with van der Waals surface area (Å²) < 4.78 is 28.4. The summed E-state index contributed by atoms with van der Waals surface area (Å²) in [5.74, 6) is 0. The van der Waals surface area contributed by atoms with E-state index in [9.17, 15) is 0 Å². The van der Waals surface area contributed by atoms with Gasteiger partial charge in [0.2, 0.25) is 0 Å². The molecule has 35 heavy (non-hydrogen) atoms. The molecule has 0 aliphatic rings. The first-order valence-corrected chi connectivity index (χ1v) is 10.4. The van der Waals surface area contributed by atoms with Crippen molar-refractivity contribution in [1.29, 1.82) is 5.26 Å². The van der Waals surface area contributed by atoms with Crippen LogP contribution in [0.5, 0.6) is 0 Å². The number of furan rings is 1. The third kappa shape index (κ3) is 5.17. The van der Waals surface area contributed by atoms with E-state index in [4.69, 9.17) is 13.8 Å². The molecule has 0 unspecified atom stereocenters. The fraction of sp³-hybridized carbons (Fsp3) is 0.0345. The van der Waals surface area contributed by atoms with E-state index in [2.05, 4.69) is 33.2 Å². The molecular formula is C29H18IrN4O-2. The number of aromatic nitrogens is 3. The van der Waals surface area contributed by atoms with Crippen LogP contribution in [0.3, 0.4) is 0 Å². The summed E-state index contributed by atoms with van der Waals surface area (Å²) in [7, 11) is 0. The van der Waals surface area contributed by atoms with Crippen LogP contribution in [0.15, 0.2) is 95.8 Å². The van der Waals surface area contributed by atoms with E-state index in [1.54, 1.807) is 24.4 Å². The molecule has 3 heterocycles. The third-order valence-corrected chi connectivity index (χ3v) is 5.14. The minimum atomic E-state index is -2.32. The van der Waals surface area contributed by atoms with Crippen molar-refractivity contribution in [1.82, 2.24) is 15.0 Å². The van der Waals surface area contributed by atoms with Crippen molar-refractivity contribution >= 4 is 21.9 Å². The van der Waals surface area contributed by atoms with Crippen molar-refractivity contribution in [2.45, 2.75) is 6.85 Å². The molecule has 171 valence electrons. The van der Waals surface area contributed by atoms with Gasteiger partial charge in [-0.2, -0.15) is 5.26 Å². The van der Waals surface area contributed by atoms with E-state index < -0.39 is 6.85 Å². The van der Waals surface area contributed by atoms with Gasteiger partial charge in [-0.05, 0) is 36.4 Å². The van der Waals surface area contributed by atoms with E-state index in [1.807, 2.05) is 54.6 Å². The molecule has 0 saturated carbocycles. The monoisotopic (exact) mass is 634 g/mol. The number of fused-ring (bicyclic) bond motifs is 3. The predicted molar refractivity (Wildman–Crippen MR) is 132 cm³/mol. The molecule has 0 spiro atoms. The first-order valence-electron chi connectivity index (χ1n) is 11.9. The second-order valence-corrected chi connectivity index (χ2v) is 7.30. The van der Waals surface area contributed by atoms with Crippen LogP contribution in [0.25, 0.3) is 44.5 Å². The van der Waals surface area contributed by atoms with Gasteiger partial charge in [-0.25, -0.2) is 4.98 Å². The van der Waals surface area contributed by atoms with Gasteiger partial charge in [-0.15, -0.1) is 54.1 Å². The number of nitrogens with zero attached hydrogens (tertiary/aromatic N) is 4. The topological polar surface area (TPSA) is 75.6 Å². The molecule has 0 N–H and O–H groups in total. The van der Waals surface area contributed by atoms with Gasteiger partial charge in [0, 0.05) is 41.5 Å². The Bertz CT molecular complexity index is 1690. The van der Waals surface area contributed by atoms with E-state index in [1.165, 1.54) is 12.4 Å². The number of nitriles is 1. The van der Waals surface area contributed by atoms with Crippen LogP contribution in [0.2, 0.25) is 0 Å². The molecular weight excluding hydrogens is 613 g/mol. The van der Waals surface area contributed by atoms with Crippen molar-refractivity contribution in [2.75, 3.05) is 0 Å². The van der Waals surface area contributed by atoms with Gasteiger partial charge >= 0.3 is 0 Å². The summed E-state index contributed by atoms with van der Waals surface area (Å²) in [6, 6.07) is 32.2. The predicted octanol–water partition coefficient (Wildman–Crippen LogP) is 6.57. The van der Waals surface area contributed by atoms with Crippen LogP contribution in [-0.4, -0.2) is 15.0 Å². The Morgan fingerprint density at radius 3 is 2.57 bits per heavy atom. The Morgan fingerprint density at radius 2 is 1.80 bits per heavy atom. The Morgan fingerprint density at radius 1 is 0.886 bits per heavy atom. The van der Waals surface area contributed by atoms with E-state index >= 15 is 0 Å². The van der Waals surface area contributed by atoms with Gasteiger partial charge in [0.25, 0.3) is 0 Å². The standard InChI is InChI=1S/C18H10N3O.C11H8N.Ir/c1-11-7-16(21-10-20-11)15-4-2-3-14-13-6-5-12(9-19)8-17(13)22-18(14)15;1-2-6-10(7-3-1)11-8-4-5-9-12-11;/h2-3,5-8,10H,1H3;1-6,8-9H;/q2*-1;/i1D3;;. The van der Waals surface area contributed by atoms with Crippen molar-refractivity contribution < 1.29 is 28.6 Å². The third-order valence-electron chi connectivity index (χ3n) is 5.14. The number of hydrogen-bond donors (Lipinski definition) is 0. The Hall–Kier alpha value is -4.17. The minimum absolute atomic E-state index is 0. The summed E-state index contributed by atoms with van der Waals surface area (Å²) in [5, 5.41) is 10.8. The van der Waals surface area contributed by atoms with Crippen molar-refractivity contribution in [3.05, 3.63) is 115 Å². The Balaban J connectivity index is 0.000000218. The molecule has 0 bridgehead atoms. The van der Waals surface area contributed by atoms with Gasteiger partial charge in [-0.1, -0.05) is 35.2 Å². The maximum atomic E-state index is 9.04. The Kier molecular flexibility index (Phi) is 6.26. The molecule has 6 rings (SSSR count). The molecule has 6 heteroatoms. The average molecular weight is 634 g/mol. The normalized spacial score (nSPS) is 11.8. The number of pyridine rings is 1. The van der Waals surface area contributed by atoms with Crippen LogP contribution < -0.4 is 0 Å². The van der Waals surface area contributed by atoms with E-state index in [0.29, 0.717) is 28.0 Å². The number of benzene rings is 3. The van der Waals surface area contributed by atoms with Crippen molar-refractivity contribution in [2.24, 2.45) is 0 Å². The van der Waals surface area contributed by atoms with Crippen molar-refractivity contribution in [3.8, 4) is 28.6 Å². The minimum Gasteiger partial charge on any atom is -0.501 e. The van der Waals surface area contributed by atoms with Gasteiger partial charge in [0.15, 0.2) is 0 Å². The molecule has 0 saturated heterocycles. The molecule has 5 nitrogen and oxygen atoms in total. The molecule has 3 aromatic heterocycles. The molecule has 0 fully saturated rings. The maximum Gasteiger partial charge on any atom is 0.122 e. The fourth-order valence-electron chi connectivity index (χ4n) is 3.57. The molecule has 0 aliphatic heterocycles. The first-order chi connectivity index (χ1) is 17.9. The zero-order valence-electron chi connectivity index (χ0n) is 21.2. The maximum absolute atomic E-state index is 9.04. The number of hydrogen-bond acceptors (Lipinski definition) is 5. The van der Waals surface area contributed by atoms with Crippen LogP contribution >= 0.6 is 0 Å². The molecule has 1 radical (unpaired) electrons. The first kappa shape index (κ1) is 20.2. The smallest absolute Gasteiger partial charge is 0.122 e. The molecule has 0 aliphatic carbocycles. The molecule has 0 amide bonds. The Labute approximate surface area is 220 Å². The second-order valence-electron chi connectivity index (χ2n) is 7.30. The number of aryl methyl sites for hydroxylation is 1. The van der Waals surface area contributed by atoms with Crippen LogP contribution in [0.1, 0.15) is 15.4 Å².